The minimum atomic E-state index is -0.233. The van der Waals surface area contributed by atoms with E-state index in [1.165, 1.54) is 0 Å². The molecule has 0 aliphatic carbocycles. The van der Waals surface area contributed by atoms with Crippen molar-refractivity contribution in [2.45, 2.75) is 12.8 Å². The standard InChI is InChI=1S/C15H15NO2/c16-13-7-9-14(10-8-13)18-15(17)11-6-12-4-2-1-3-5-12/h1-5,7-10H,6,11,16H2. The van der Waals surface area contributed by atoms with Gasteiger partial charge in [0.2, 0.25) is 0 Å². The molecule has 0 aliphatic rings. The molecule has 2 rings (SSSR count). The number of hydrogen-bond acceptors (Lipinski definition) is 3. The highest BCUT2D eigenvalue weighted by atomic mass is 16.5. The number of carbonyl (C=O) groups excluding carboxylic acids is 1. The van der Waals surface area contributed by atoms with E-state index < -0.39 is 0 Å². The Morgan fingerprint density at radius 1 is 1.00 bits per heavy atom. The summed E-state index contributed by atoms with van der Waals surface area (Å²) in [6.07, 6.45) is 1.06. The smallest absolute Gasteiger partial charge is 0.311 e. The third kappa shape index (κ3) is 3.63. The number of carbonyl (C=O) groups is 1. The van der Waals surface area contributed by atoms with Gasteiger partial charge in [-0.05, 0) is 36.2 Å². The van der Waals surface area contributed by atoms with Crippen molar-refractivity contribution in [3.8, 4) is 5.75 Å². The summed E-state index contributed by atoms with van der Waals surface area (Å²) < 4.78 is 5.20. The van der Waals surface area contributed by atoms with Crippen LogP contribution in [0.2, 0.25) is 0 Å². The monoisotopic (exact) mass is 241 g/mol. The number of nitrogens with two attached hydrogens (primary N) is 1. The van der Waals surface area contributed by atoms with Gasteiger partial charge in [-0.25, -0.2) is 0 Å². The lowest BCUT2D eigenvalue weighted by molar-refractivity contribution is -0.134. The molecule has 18 heavy (non-hydrogen) atoms. The zero-order chi connectivity index (χ0) is 12.8. The number of hydrogen-bond donors (Lipinski definition) is 1. The van der Waals surface area contributed by atoms with E-state index in [-0.39, 0.29) is 5.97 Å². The summed E-state index contributed by atoms with van der Waals surface area (Å²) in [5.74, 6) is 0.297. The predicted octanol–water partition coefficient (Wildman–Crippen LogP) is 2.81. The average molecular weight is 241 g/mol. The molecular formula is C15H15NO2. The molecule has 0 aliphatic heterocycles. The number of nitrogen functional groups attached to an aromatic ring is 1. The van der Waals surface area contributed by atoms with Crippen molar-refractivity contribution in [1.29, 1.82) is 0 Å². The van der Waals surface area contributed by atoms with Gasteiger partial charge in [0.1, 0.15) is 5.75 Å². The van der Waals surface area contributed by atoms with E-state index in [4.69, 9.17) is 10.5 Å². The number of rotatable bonds is 4. The summed E-state index contributed by atoms with van der Waals surface area (Å²) in [5.41, 5.74) is 7.33. The first-order chi connectivity index (χ1) is 8.74. The Morgan fingerprint density at radius 3 is 2.33 bits per heavy atom. The number of anilines is 1. The molecule has 2 aromatic carbocycles. The summed E-state index contributed by atoms with van der Waals surface area (Å²) in [4.78, 5) is 11.6. The van der Waals surface area contributed by atoms with Gasteiger partial charge in [-0.1, -0.05) is 30.3 Å². The first kappa shape index (κ1) is 12.2. The van der Waals surface area contributed by atoms with Crippen LogP contribution in [-0.4, -0.2) is 5.97 Å². The van der Waals surface area contributed by atoms with Crippen molar-refractivity contribution in [2.75, 3.05) is 5.73 Å². The van der Waals surface area contributed by atoms with Crippen molar-refractivity contribution >= 4 is 11.7 Å². The van der Waals surface area contributed by atoms with E-state index in [2.05, 4.69) is 0 Å². The molecular weight excluding hydrogens is 226 g/mol. The quantitative estimate of drug-likeness (QED) is 0.508. The second-order valence-electron chi connectivity index (χ2n) is 4.03. The average Bonchev–Trinajstić information content (AvgIpc) is 2.40. The molecule has 0 atom stereocenters. The summed E-state index contributed by atoms with van der Waals surface area (Å²) in [7, 11) is 0. The van der Waals surface area contributed by atoms with Crippen molar-refractivity contribution in [2.24, 2.45) is 0 Å². The Balaban J connectivity index is 1.84. The molecule has 0 fully saturated rings. The van der Waals surface area contributed by atoms with Crippen LogP contribution >= 0.6 is 0 Å². The van der Waals surface area contributed by atoms with Crippen LogP contribution < -0.4 is 10.5 Å². The SMILES string of the molecule is Nc1ccc(OC(=O)CCc2ccccc2)cc1. The molecule has 0 amide bonds. The summed E-state index contributed by atoms with van der Waals surface area (Å²) in [5, 5.41) is 0. The summed E-state index contributed by atoms with van der Waals surface area (Å²) in [6, 6.07) is 16.7. The van der Waals surface area contributed by atoms with Crippen molar-refractivity contribution in [1.82, 2.24) is 0 Å². The van der Waals surface area contributed by atoms with E-state index in [1.807, 2.05) is 30.3 Å². The summed E-state index contributed by atoms with van der Waals surface area (Å²) in [6.45, 7) is 0. The highest BCUT2D eigenvalue weighted by Crippen LogP contribution is 2.14. The molecule has 0 aromatic heterocycles. The zero-order valence-corrected chi connectivity index (χ0v) is 10.0. The van der Waals surface area contributed by atoms with Crippen LogP contribution in [0.4, 0.5) is 5.69 Å². The third-order valence-electron chi connectivity index (χ3n) is 2.57. The molecule has 92 valence electrons. The topological polar surface area (TPSA) is 52.3 Å². The maximum absolute atomic E-state index is 11.6. The van der Waals surface area contributed by atoms with Crippen LogP contribution in [0.15, 0.2) is 54.6 Å². The second-order valence-corrected chi connectivity index (χ2v) is 4.03. The second kappa shape index (κ2) is 5.87. The molecule has 3 heteroatoms. The molecule has 0 heterocycles. The van der Waals surface area contributed by atoms with Gasteiger partial charge in [0, 0.05) is 12.1 Å². The first-order valence-electron chi connectivity index (χ1n) is 5.84. The van der Waals surface area contributed by atoms with Gasteiger partial charge in [0.15, 0.2) is 0 Å². The lowest BCUT2D eigenvalue weighted by Gasteiger charge is -2.04. The molecule has 0 spiro atoms. The van der Waals surface area contributed by atoms with Gasteiger partial charge in [-0.15, -0.1) is 0 Å². The van der Waals surface area contributed by atoms with Crippen LogP contribution in [-0.2, 0) is 11.2 Å². The van der Waals surface area contributed by atoms with Crippen molar-refractivity contribution in [3.05, 3.63) is 60.2 Å². The molecule has 2 N–H and O–H groups in total. The Labute approximate surface area is 106 Å². The maximum atomic E-state index is 11.6. The first-order valence-corrected chi connectivity index (χ1v) is 5.84. The number of aryl methyl sites for hydroxylation is 1. The number of esters is 1. The van der Waals surface area contributed by atoms with Crippen LogP contribution in [0.3, 0.4) is 0 Å². The van der Waals surface area contributed by atoms with Gasteiger partial charge in [0.05, 0.1) is 0 Å². The lowest BCUT2D eigenvalue weighted by Crippen LogP contribution is -2.08. The Bertz CT molecular complexity index is 506. The Hall–Kier alpha value is -2.29. The molecule has 3 nitrogen and oxygen atoms in total. The van der Waals surface area contributed by atoms with Crippen LogP contribution in [0.5, 0.6) is 5.75 Å². The van der Waals surface area contributed by atoms with Crippen molar-refractivity contribution in [3.63, 3.8) is 0 Å². The molecule has 0 unspecified atom stereocenters. The third-order valence-corrected chi connectivity index (χ3v) is 2.57. The molecule has 2 aromatic rings. The van der Waals surface area contributed by atoms with Gasteiger partial charge in [-0.2, -0.15) is 0 Å². The van der Waals surface area contributed by atoms with Crippen molar-refractivity contribution < 1.29 is 9.53 Å². The molecule has 0 saturated heterocycles. The lowest BCUT2D eigenvalue weighted by atomic mass is 10.1. The van der Waals surface area contributed by atoms with E-state index >= 15 is 0 Å². The van der Waals surface area contributed by atoms with Gasteiger partial charge >= 0.3 is 5.97 Å². The Kier molecular flexibility index (Phi) is 3.97. The zero-order valence-electron chi connectivity index (χ0n) is 10.0. The minimum absolute atomic E-state index is 0.233. The Morgan fingerprint density at radius 2 is 1.67 bits per heavy atom. The molecule has 0 bridgehead atoms. The van der Waals surface area contributed by atoms with E-state index in [1.54, 1.807) is 24.3 Å². The van der Waals surface area contributed by atoms with Crippen LogP contribution in [0.1, 0.15) is 12.0 Å². The van der Waals surface area contributed by atoms with E-state index in [0.717, 1.165) is 5.56 Å². The predicted molar refractivity (Wildman–Crippen MR) is 71.3 cm³/mol. The molecule has 0 saturated carbocycles. The number of benzene rings is 2. The van der Waals surface area contributed by atoms with E-state index in [0.29, 0.717) is 24.3 Å². The van der Waals surface area contributed by atoms with Crippen LogP contribution in [0.25, 0.3) is 0 Å². The van der Waals surface area contributed by atoms with E-state index in [9.17, 15) is 4.79 Å². The maximum Gasteiger partial charge on any atom is 0.311 e. The summed E-state index contributed by atoms with van der Waals surface area (Å²) >= 11 is 0. The van der Waals surface area contributed by atoms with Gasteiger partial charge in [0.25, 0.3) is 0 Å². The largest absolute Gasteiger partial charge is 0.427 e. The fourth-order valence-electron chi connectivity index (χ4n) is 1.61. The minimum Gasteiger partial charge on any atom is -0.427 e. The number of ether oxygens (including phenoxy) is 1. The highest BCUT2D eigenvalue weighted by molar-refractivity contribution is 5.72. The molecule has 0 radical (unpaired) electrons. The fourth-order valence-corrected chi connectivity index (χ4v) is 1.61. The highest BCUT2D eigenvalue weighted by Gasteiger charge is 2.05. The normalized spacial score (nSPS) is 10.0. The van der Waals surface area contributed by atoms with Gasteiger partial charge < -0.3 is 10.5 Å². The van der Waals surface area contributed by atoms with Gasteiger partial charge in [-0.3, -0.25) is 4.79 Å². The van der Waals surface area contributed by atoms with Crippen LogP contribution in [0, 0.1) is 0 Å². The fraction of sp³-hybridized carbons (Fsp3) is 0.133.